The van der Waals surface area contributed by atoms with Crippen LogP contribution in [0.5, 0.6) is 0 Å². The van der Waals surface area contributed by atoms with Crippen molar-refractivity contribution in [2.24, 2.45) is 28.6 Å². The number of hydrogen-bond donors (Lipinski definition) is 2. The summed E-state index contributed by atoms with van der Waals surface area (Å²) in [5, 5.41) is 23.7. The van der Waals surface area contributed by atoms with Gasteiger partial charge in [0.15, 0.2) is 23.8 Å². The Hall–Kier alpha value is -1.15. The maximum atomic E-state index is 15.1. The molecule has 7 fully saturated rings. The molecular weight excluding hydrogens is 838 g/mol. The topological polar surface area (TPSA) is 184 Å². The maximum Gasteiger partial charge on any atom is 1.00 e. The van der Waals surface area contributed by atoms with Crippen LogP contribution in [0, 0.1) is 28.6 Å². The molecule has 2 N–H and O–H groups in total. The van der Waals surface area contributed by atoms with Crippen LogP contribution < -0.4 is 29.6 Å². The smallest absolute Gasteiger partial charge is 0.504 e. The van der Waals surface area contributed by atoms with Crippen LogP contribution in [0.1, 0.15) is 158 Å². The number of ether oxygens (including phenoxy) is 6. The molecule has 17 heteroatoms. The van der Waals surface area contributed by atoms with Gasteiger partial charge in [-0.15, -0.1) is 0 Å². The first-order chi connectivity index (χ1) is 29.8. The molecule has 6 saturated heterocycles. The van der Waals surface area contributed by atoms with Gasteiger partial charge >= 0.3 is 54.4 Å². The quantitative estimate of drug-likeness (QED) is 0.182. The summed E-state index contributed by atoms with van der Waals surface area (Å²) in [5.41, 5.74) is -1.65. The average molecular weight is 913 g/mol. The predicted molar refractivity (Wildman–Crippen MR) is 227 cm³/mol. The first-order valence-electron chi connectivity index (χ1n) is 24.3. The van der Waals surface area contributed by atoms with Crippen molar-refractivity contribution in [3.63, 3.8) is 0 Å². The van der Waals surface area contributed by atoms with Crippen LogP contribution in [0.2, 0.25) is 0 Å². The van der Waals surface area contributed by atoms with Crippen molar-refractivity contribution in [2.75, 3.05) is 0 Å². The van der Waals surface area contributed by atoms with E-state index < -0.39 is 114 Å². The second kappa shape index (κ2) is 19.7. The molecule has 0 aromatic heterocycles. The molecule has 1 aliphatic carbocycles. The third-order valence-corrected chi connectivity index (χ3v) is 16.4. The van der Waals surface area contributed by atoms with Crippen LogP contribution >= 0.6 is 0 Å². The number of rotatable bonds is 3. The molecule has 0 radical (unpaired) electrons. The van der Waals surface area contributed by atoms with E-state index >= 15 is 4.79 Å². The maximum absolute atomic E-state index is 15.1. The third-order valence-electron chi connectivity index (χ3n) is 16.4. The zero-order valence-corrected chi connectivity index (χ0v) is 41.8. The predicted octanol–water partition coefficient (Wildman–Crippen LogP) is 3.49. The summed E-state index contributed by atoms with van der Waals surface area (Å²) in [5.74, 6) is -6.84. The Morgan fingerprint density at radius 1 is 0.734 bits per heavy atom. The van der Waals surface area contributed by atoms with E-state index in [0.29, 0.717) is 64.2 Å². The van der Waals surface area contributed by atoms with Gasteiger partial charge in [-0.2, -0.15) is 0 Å². The monoisotopic (exact) mass is 913 g/mol. The normalized spacial score (nSPS) is 46.2. The van der Waals surface area contributed by atoms with Crippen LogP contribution in [-0.2, 0) is 61.4 Å². The van der Waals surface area contributed by atoms with Gasteiger partial charge in [0.25, 0.3) is 0 Å². The first-order valence-corrected chi connectivity index (χ1v) is 24.3. The van der Waals surface area contributed by atoms with Gasteiger partial charge in [0, 0.05) is 35.5 Å². The van der Waals surface area contributed by atoms with Crippen molar-refractivity contribution in [1.29, 1.82) is 0 Å². The van der Waals surface area contributed by atoms with E-state index in [1.165, 1.54) is 0 Å². The van der Waals surface area contributed by atoms with Gasteiger partial charge in [-0.05, 0) is 84.5 Å². The molecule has 9 bridgehead atoms. The summed E-state index contributed by atoms with van der Waals surface area (Å²) >= 11 is 0. The number of aliphatic hydroxyl groups excluding tert-OH is 2. The Bertz CT molecular complexity index is 1710. The SMILES string of the molecule is C[C@@H]1CC[C@@H]2O[C@]13O[B-]14O[C@H]3C(=O)O[C@H]([C@@H](C)OC(=O)C3CCCCC3)C/C=C\CC[C@H](O)C(C)(C)[C@@H]3CC[C@@H](C)[C@](O3)(O1)[C@@H](O4)C(=O)O[C@H]1C[C@@H](CCC[C@@H](O)C2(C)C)O[C@@H]1C.[Na+]. The minimum absolute atomic E-state index is 0. The third kappa shape index (κ3) is 9.58. The number of cyclic esters (lactones) is 1. The molecule has 0 aromatic carbocycles. The van der Waals surface area contributed by atoms with Crippen molar-refractivity contribution < 1.29 is 101 Å². The molecule has 7 aliphatic heterocycles. The molecule has 1 saturated carbocycles. The van der Waals surface area contributed by atoms with Crippen molar-refractivity contribution >= 4 is 24.9 Å². The summed E-state index contributed by atoms with van der Waals surface area (Å²) < 4.78 is 66.6. The summed E-state index contributed by atoms with van der Waals surface area (Å²) in [6, 6.07) is 0. The minimum atomic E-state index is -3.51. The molecular formula is C47H74BNaO15. The van der Waals surface area contributed by atoms with E-state index in [1.54, 1.807) is 6.92 Å². The number of carbonyl (C=O) groups excluding carboxylic acids is 3. The Labute approximate surface area is 401 Å². The molecule has 64 heavy (non-hydrogen) atoms. The molecule has 1 unspecified atom stereocenters. The molecule has 8 rings (SSSR count). The van der Waals surface area contributed by atoms with Gasteiger partial charge < -0.3 is 57.3 Å². The molecule has 0 amide bonds. The minimum Gasteiger partial charge on any atom is -0.504 e. The van der Waals surface area contributed by atoms with Gasteiger partial charge in [-0.3, -0.25) is 4.79 Å². The van der Waals surface area contributed by atoms with Crippen LogP contribution in [0.15, 0.2) is 12.2 Å². The average Bonchev–Trinajstić information content (AvgIpc) is 3.87. The van der Waals surface area contributed by atoms with E-state index in [-0.39, 0.29) is 54.0 Å². The Kier molecular flexibility index (Phi) is 15.6. The Morgan fingerprint density at radius 2 is 1.30 bits per heavy atom. The van der Waals surface area contributed by atoms with Gasteiger partial charge in [0.1, 0.15) is 18.3 Å². The molecule has 8 aliphatic rings. The molecule has 356 valence electrons. The molecule has 15 nitrogen and oxygen atoms in total. The summed E-state index contributed by atoms with van der Waals surface area (Å²) in [6.45, 7) is 11.7. The molecule has 3 spiro atoms. The number of allylic oxidation sites excluding steroid dienone is 1. The Morgan fingerprint density at radius 3 is 1.89 bits per heavy atom. The van der Waals surface area contributed by atoms with Gasteiger partial charge in [-0.25, -0.2) is 9.59 Å². The standard InChI is InChI=1S/C47H74BO15.Na/c1-27-23-25-38-45(7,8)36(50)21-15-18-32-26-34(30(4)54-32)57-43(53)40-47-28(2)22-24-37(58-47)44(5,6)35(49)20-14-10-13-19-33(29(3)55-41(51)31-16-11-9-12-17-31)56-42(52)39-46(27,59-38)62-48(60-39,61-40)63-47;/h10,13,27-40,49-50H,9,11-12,14-26H2,1-8H3;/q-1;+1/b13-10-;/t27-,28-,29-,30-,32-,33+,34+,35+,36-,37+,38+,39+,40+,46+,47+,48?;/m1./s1. The van der Waals surface area contributed by atoms with Crippen molar-refractivity contribution in [3.8, 4) is 0 Å². The molecule has 0 aromatic rings. The van der Waals surface area contributed by atoms with E-state index in [9.17, 15) is 19.8 Å². The summed E-state index contributed by atoms with van der Waals surface area (Å²) in [7, 11) is 0. The fourth-order valence-electron chi connectivity index (χ4n) is 11.7. The number of fused-ring (bicyclic) bond motifs is 6. The largest absolute Gasteiger partial charge is 1.00 e. The van der Waals surface area contributed by atoms with Gasteiger partial charge in [-0.1, -0.05) is 73.0 Å². The fourth-order valence-corrected chi connectivity index (χ4v) is 11.7. The zero-order valence-electron chi connectivity index (χ0n) is 39.8. The van der Waals surface area contributed by atoms with E-state index in [4.69, 9.17) is 47.0 Å². The second-order valence-corrected chi connectivity index (χ2v) is 21.5. The fraction of sp³-hybridized carbons (Fsp3) is 0.894. The number of aliphatic hydroxyl groups is 2. The van der Waals surface area contributed by atoms with Crippen LogP contribution in [0.4, 0.5) is 0 Å². The van der Waals surface area contributed by atoms with Crippen LogP contribution in [0.25, 0.3) is 0 Å². The number of carbonyl (C=O) groups is 3. The van der Waals surface area contributed by atoms with E-state index in [1.807, 2.05) is 60.6 Å². The van der Waals surface area contributed by atoms with Gasteiger partial charge in [0.2, 0.25) is 0 Å². The first kappa shape index (κ1) is 50.7. The van der Waals surface area contributed by atoms with Crippen molar-refractivity contribution in [2.45, 2.75) is 237 Å². The van der Waals surface area contributed by atoms with Crippen LogP contribution in [0.3, 0.4) is 0 Å². The van der Waals surface area contributed by atoms with E-state index in [0.717, 1.165) is 32.1 Å². The van der Waals surface area contributed by atoms with Crippen molar-refractivity contribution in [3.05, 3.63) is 12.2 Å². The Balaban J connectivity index is 0.00000612. The van der Waals surface area contributed by atoms with Gasteiger partial charge in [0.05, 0.1) is 42.5 Å². The number of esters is 3. The van der Waals surface area contributed by atoms with Crippen molar-refractivity contribution in [1.82, 2.24) is 0 Å². The zero-order chi connectivity index (χ0) is 45.1. The summed E-state index contributed by atoms with van der Waals surface area (Å²) in [6.07, 6.45) is 4.84. The van der Waals surface area contributed by atoms with E-state index in [2.05, 4.69) is 0 Å². The van der Waals surface area contributed by atoms with Crippen LogP contribution in [-0.4, -0.2) is 114 Å². The molecule has 16 atom stereocenters. The molecule has 7 heterocycles. The number of hydrogen-bond acceptors (Lipinski definition) is 15. The second-order valence-electron chi connectivity index (χ2n) is 21.5. The summed E-state index contributed by atoms with van der Waals surface area (Å²) in [4.78, 5) is 43.4.